The lowest BCUT2D eigenvalue weighted by atomic mass is 9.99. The molecular weight excluding hydrogens is 337 g/mol. The maximum Gasteiger partial charge on any atom is 0.387 e. The van der Waals surface area contributed by atoms with Crippen LogP contribution < -0.4 is 9.47 Å². The van der Waals surface area contributed by atoms with E-state index in [4.69, 9.17) is 4.74 Å². The van der Waals surface area contributed by atoms with E-state index in [9.17, 15) is 22.8 Å². The number of halogens is 3. The van der Waals surface area contributed by atoms with Gasteiger partial charge in [0.25, 0.3) is 0 Å². The molecule has 2 rings (SSSR count). The fourth-order valence-electron chi connectivity index (χ4n) is 2.19. The summed E-state index contributed by atoms with van der Waals surface area (Å²) in [5, 5.41) is 0. The Morgan fingerprint density at radius 2 is 1.60 bits per heavy atom. The van der Waals surface area contributed by atoms with Crippen molar-refractivity contribution in [3.05, 3.63) is 58.9 Å². The standard InChI is InChI=1S/C18H15F3O4/c1-3-24-15-9-12(4-6-13(15)19)17(23)16(22)11-5-7-14(10(2)8-11)25-18(20)21/h4-9,18H,3H2,1-2H3. The molecule has 0 atom stereocenters. The summed E-state index contributed by atoms with van der Waals surface area (Å²) in [5.41, 5.74) is 0.278. The molecule has 0 saturated heterocycles. The van der Waals surface area contributed by atoms with Crippen LogP contribution >= 0.6 is 0 Å². The quantitative estimate of drug-likeness (QED) is 0.554. The molecule has 0 aliphatic heterocycles. The molecule has 2 aromatic rings. The molecule has 25 heavy (non-hydrogen) atoms. The lowest BCUT2D eigenvalue weighted by Crippen LogP contribution is -2.15. The molecule has 0 N–H and O–H groups in total. The molecule has 7 heteroatoms. The third-order valence-electron chi connectivity index (χ3n) is 3.35. The van der Waals surface area contributed by atoms with Crippen LogP contribution in [0.25, 0.3) is 0 Å². The van der Waals surface area contributed by atoms with Gasteiger partial charge in [0, 0.05) is 11.1 Å². The van der Waals surface area contributed by atoms with Crippen LogP contribution in [0.15, 0.2) is 36.4 Å². The Labute approximate surface area is 142 Å². The summed E-state index contributed by atoms with van der Waals surface area (Å²) in [6, 6.07) is 7.07. The van der Waals surface area contributed by atoms with Gasteiger partial charge in [-0.1, -0.05) is 0 Å². The number of aryl methyl sites for hydroxylation is 1. The summed E-state index contributed by atoms with van der Waals surface area (Å²) in [4.78, 5) is 24.6. The van der Waals surface area contributed by atoms with Crippen molar-refractivity contribution in [3.63, 3.8) is 0 Å². The van der Waals surface area contributed by atoms with Crippen molar-refractivity contribution in [1.82, 2.24) is 0 Å². The van der Waals surface area contributed by atoms with Crippen LogP contribution in [0, 0.1) is 12.7 Å². The Hall–Kier alpha value is -2.83. The maximum absolute atomic E-state index is 13.5. The van der Waals surface area contributed by atoms with E-state index >= 15 is 0 Å². The van der Waals surface area contributed by atoms with Gasteiger partial charge in [-0.15, -0.1) is 0 Å². The minimum Gasteiger partial charge on any atom is -0.491 e. The summed E-state index contributed by atoms with van der Waals surface area (Å²) in [6.45, 7) is 0.348. The topological polar surface area (TPSA) is 52.6 Å². The molecule has 0 saturated carbocycles. The Bertz CT molecular complexity index is 803. The fourth-order valence-corrected chi connectivity index (χ4v) is 2.19. The molecular formula is C18H15F3O4. The van der Waals surface area contributed by atoms with Crippen LogP contribution in [-0.2, 0) is 0 Å². The Balaban J connectivity index is 2.27. The van der Waals surface area contributed by atoms with E-state index in [2.05, 4.69) is 4.74 Å². The minimum atomic E-state index is -2.99. The van der Waals surface area contributed by atoms with Crippen LogP contribution in [0.2, 0.25) is 0 Å². The van der Waals surface area contributed by atoms with Gasteiger partial charge >= 0.3 is 6.61 Å². The van der Waals surface area contributed by atoms with Gasteiger partial charge in [0.2, 0.25) is 11.6 Å². The fraction of sp³-hybridized carbons (Fsp3) is 0.222. The number of hydrogen-bond donors (Lipinski definition) is 0. The van der Waals surface area contributed by atoms with Crippen LogP contribution in [-0.4, -0.2) is 24.8 Å². The summed E-state index contributed by atoms with van der Waals surface area (Å²) >= 11 is 0. The molecule has 0 spiro atoms. The molecule has 0 fully saturated rings. The molecule has 0 amide bonds. The zero-order valence-corrected chi connectivity index (χ0v) is 13.5. The van der Waals surface area contributed by atoms with Crippen molar-refractivity contribution in [3.8, 4) is 11.5 Å². The number of Topliss-reactive ketones (excluding diaryl/α,β-unsaturated/α-hetero) is 2. The number of carbonyl (C=O) groups is 2. The lowest BCUT2D eigenvalue weighted by Gasteiger charge is -2.09. The monoisotopic (exact) mass is 352 g/mol. The van der Waals surface area contributed by atoms with Gasteiger partial charge in [-0.25, -0.2) is 4.39 Å². The first-order valence-corrected chi connectivity index (χ1v) is 7.40. The minimum absolute atomic E-state index is 0.0198. The maximum atomic E-state index is 13.5. The van der Waals surface area contributed by atoms with Gasteiger partial charge in [-0.3, -0.25) is 9.59 Å². The first-order chi connectivity index (χ1) is 11.8. The molecule has 0 aliphatic carbocycles. The highest BCUT2D eigenvalue weighted by Crippen LogP contribution is 2.23. The normalized spacial score (nSPS) is 10.6. The SMILES string of the molecule is CCOc1cc(C(=O)C(=O)c2ccc(OC(F)F)c(C)c2)ccc1F. The molecule has 2 aromatic carbocycles. The van der Waals surface area contributed by atoms with Crippen molar-refractivity contribution in [1.29, 1.82) is 0 Å². The number of hydrogen-bond acceptors (Lipinski definition) is 4. The second-order valence-electron chi connectivity index (χ2n) is 5.10. The second-order valence-corrected chi connectivity index (χ2v) is 5.10. The van der Waals surface area contributed by atoms with E-state index in [1.165, 1.54) is 31.2 Å². The molecule has 0 heterocycles. The summed E-state index contributed by atoms with van der Waals surface area (Å²) < 4.78 is 47.4. The zero-order chi connectivity index (χ0) is 18.6. The predicted octanol–water partition coefficient (Wildman–Crippen LogP) is 4.20. The van der Waals surface area contributed by atoms with Crippen LogP contribution in [0.3, 0.4) is 0 Å². The molecule has 0 aliphatic rings. The average Bonchev–Trinajstić information content (AvgIpc) is 2.57. The third-order valence-corrected chi connectivity index (χ3v) is 3.35. The molecule has 0 unspecified atom stereocenters. The van der Waals surface area contributed by atoms with Gasteiger partial charge in [-0.2, -0.15) is 8.78 Å². The molecule has 0 bridgehead atoms. The predicted molar refractivity (Wildman–Crippen MR) is 84.0 cm³/mol. The number of benzene rings is 2. The number of carbonyl (C=O) groups excluding carboxylic acids is 2. The third kappa shape index (κ3) is 4.37. The Morgan fingerprint density at radius 3 is 2.16 bits per heavy atom. The molecule has 0 aromatic heterocycles. The second kappa shape index (κ2) is 7.83. The summed E-state index contributed by atoms with van der Waals surface area (Å²) in [5.74, 6) is -2.56. The van der Waals surface area contributed by atoms with E-state index in [1.54, 1.807) is 6.92 Å². The number of ketones is 2. The highest BCUT2D eigenvalue weighted by Gasteiger charge is 2.21. The van der Waals surface area contributed by atoms with Crippen molar-refractivity contribution >= 4 is 11.6 Å². The van der Waals surface area contributed by atoms with Crippen molar-refractivity contribution in [2.24, 2.45) is 0 Å². The summed E-state index contributed by atoms with van der Waals surface area (Å²) in [6.07, 6.45) is 0. The van der Waals surface area contributed by atoms with Gasteiger partial charge in [-0.05, 0) is 55.8 Å². The van der Waals surface area contributed by atoms with Gasteiger partial charge in [0.1, 0.15) is 5.75 Å². The Kier molecular flexibility index (Phi) is 5.80. The van der Waals surface area contributed by atoms with Gasteiger partial charge in [0.05, 0.1) is 6.61 Å². The van der Waals surface area contributed by atoms with E-state index in [0.717, 1.165) is 12.1 Å². The van der Waals surface area contributed by atoms with Gasteiger partial charge in [0.15, 0.2) is 11.6 Å². The van der Waals surface area contributed by atoms with Crippen molar-refractivity contribution in [2.45, 2.75) is 20.5 Å². The van der Waals surface area contributed by atoms with E-state index in [1.807, 2.05) is 0 Å². The van der Waals surface area contributed by atoms with E-state index in [0.29, 0.717) is 0 Å². The molecule has 0 radical (unpaired) electrons. The number of alkyl halides is 2. The smallest absolute Gasteiger partial charge is 0.387 e. The Morgan fingerprint density at radius 1 is 1.00 bits per heavy atom. The largest absolute Gasteiger partial charge is 0.491 e. The highest BCUT2D eigenvalue weighted by atomic mass is 19.3. The van der Waals surface area contributed by atoms with Crippen LogP contribution in [0.1, 0.15) is 33.2 Å². The van der Waals surface area contributed by atoms with Crippen LogP contribution in [0.4, 0.5) is 13.2 Å². The van der Waals surface area contributed by atoms with Crippen LogP contribution in [0.5, 0.6) is 11.5 Å². The van der Waals surface area contributed by atoms with Crippen molar-refractivity contribution in [2.75, 3.05) is 6.61 Å². The lowest BCUT2D eigenvalue weighted by molar-refractivity contribution is -0.0502. The summed E-state index contributed by atoms with van der Waals surface area (Å²) in [7, 11) is 0. The number of ether oxygens (including phenoxy) is 2. The zero-order valence-electron chi connectivity index (χ0n) is 13.5. The first kappa shape index (κ1) is 18.5. The van der Waals surface area contributed by atoms with E-state index in [-0.39, 0.29) is 34.8 Å². The molecule has 132 valence electrons. The number of rotatable bonds is 7. The first-order valence-electron chi connectivity index (χ1n) is 7.40. The van der Waals surface area contributed by atoms with E-state index < -0.39 is 24.0 Å². The van der Waals surface area contributed by atoms with Gasteiger partial charge < -0.3 is 9.47 Å². The molecule has 4 nitrogen and oxygen atoms in total. The highest BCUT2D eigenvalue weighted by molar-refractivity contribution is 6.49. The van der Waals surface area contributed by atoms with Crippen molar-refractivity contribution < 1.29 is 32.2 Å². The average molecular weight is 352 g/mol.